The van der Waals surface area contributed by atoms with Crippen LogP contribution in [0.5, 0.6) is 0 Å². The van der Waals surface area contributed by atoms with E-state index in [9.17, 15) is 9.59 Å². The monoisotopic (exact) mass is 156 g/mol. The number of rotatable bonds is 0. The van der Waals surface area contributed by atoms with Crippen molar-refractivity contribution >= 4 is 6.03 Å². The minimum Gasteiger partial charge on any atom is -0.350 e. The summed E-state index contributed by atoms with van der Waals surface area (Å²) in [5, 5.41) is 3.60. The summed E-state index contributed by atoms with van der Waals surface area (Å²) in [6, 6.07) is -0.862. The second kappa shape index (κ2) is 2.22. The van der Waals surface area contributed by atoms with Crippen molar-refractivity contribution in [3.05, 3.63) is 16.3 Å². The van der Waals surface area contributed by atoms with Gasteiger partial charge >= 0.3 is 11.7 Å². The van der Waals surface area contributed by atoms with Crippen molar-refractivity contribution in [1.29, 1.82) is 0 Å². The molecule has 1 amide bonds. The van der Waals surface area contributed by atoms with Gasteiger partial charge in [-0.1, -0.05) is 0 Å². The molecule has 0 aromatic carbocycles. The van der Waals surface area contributed by atoms with Crippen molar-refractivity contribution in [1.82, 2.24) is 14.3 Å². The topological polar surface area (TPSA) is 82.9 Å². The standard InChI is InChI=1S/C5H8N4O2/c1-3-7-9(4(6)10)5(11)8(3)2/h1-2H3,(H2,6,10). The lowest BCUT2D eigenvalue weighted by atomic mass is 10.7. The number of amides is 1. The lowest BCUT2D eigenvalue weighted by Gasteiger charge is -1.86. The summed E-state index contributed by atoms with van der Waals surface area (Å²) in [6.07, 6.45) is 0. The normalized spacial score (nSPS) is 10.0. The van der Waals surface area contributed by atoms with E-state index in [1.165, 1.54) is 11.6 Å². The van der Waals surface area contributed by atoms with Crippen LogP contribution in [0.2, 0.25) is 0 Å². The van der Waals surface area contributed by atoms with Crippen LogP contribution in [0.15, 0.2) is 4.79 Å². The van der Waals surface area contributed by atoms with Crippen LogP contribution in [-0.4, -0.2) is 20.4 Å². The van der Waals surface area contributed by atoms with Gasteiger partial charge in [0.05, 0.1) is 0 Å². The summed E-state index contributed by atoms with van der Waals surface area (Å²) >= 11 is 0. The maximum absolute atomic E-state index is 11.0. The zero-order valence-electron chi connectivity index (χ0n) is 6.24. The summed E-state index contributed by atoms with van der Waals surface area (Å²) in [6.45, 7) is 1.61. The number of nitrogens with zero attached hydrogens (tertiary/aromatic N) is 3. The Morgan fingerprint density at radius 1 is 1.64 bits per heavy atom. The molecule has 0 aliphatic rings. The molecule has 1 rings (SSSR count). The zero-order valence-corrected chi connectivity index (χ0v) is 6.24. The predicted octanol–water partition coefficient (Wildman–Crippen LogP) is -1.18. The molecule has 1 aromatic rings. The number of nitrogens with two attached hydrogens (primary N) is 1. The summed E-state index contributed by atoms with van der Waals surface area (Å²) < 4.78 is 1.86. The molecule has 2 N–H and O–H groups in total. The molecule has 0 aliphatic heterocycles. The van der Waals surface area contributed by atoms with Gasteiger partial charge in [0.25, 0.3) is 0 Å². The Morgan fingerprint density at radius 2 is 2.18 bits per heavy atom. The molecule has 6 heteroatoms. The lowest BCUT2D eigenvalue weighted by Crippen LogP contribution is -2.33. The number of carbonyl (C=O) groups excluding carboxylic acids is 1. The molecular formula is C5H8N4O2. The first-order chi connectivity index (χ1) is 5.04. The molecule has 0 spiro atoms. The Morgan fingerprint density at radius 3 is 2.36 bits per heavy atom. The summed E-state index contributed by atoms with van der Waals surface area (Å²) in [4.78, 5) is 21.5. The Labute approximate surface area is 62.2 Å². The Balaban J connectivity index is 3.42. The number of hydrogen-bond acceptors (Lipinski definition) is 3. The molecule has 0 atom stereocenters. The molecule has 11 heavy (non-hydrogen) atoms. The van der Waals surface area contributed by atoms with Gasteiger partial charge in [-0.15, -0.1) is 9.78 Å². The van der Waals surface area contributed by atoms with E-state index in [0.717, 1.165) is 0 Å². The van der Waals surface area contributed by atoms with Crippen molar-refractivity contribution in [2.24, 2.45) is 12.8 Å². The van der Waals surface area contributed by atoms with Crippen molar-refractivity contribution in [2.75, 3.05) is 0 Å². The SMILES string of the molecule is Cc1nn(C(N)=O)c(=O)n1C. The zero-order chi connectivity index (χ0) is 8.59. The van der Waals surface area contributed by atoms with Crippen LogP contribution in [0.4, 0.5) is 4.79 Å². The van der Waals surface area contributed by atoms with E-state index < -0.39 is 11.7 Å². The first-order valence-electron chi connectivity index (χ1n) is 2.96. The first kappa shape index (κ1) is 7.52. The van der Waals surface area contributed by atoms with Gasteiger partial charge in [-0.3, -0.25) is 4.57 Å². The van der Waals surface area contributed by atoms with Crippen LogP contribution in [0, 0.1) is 6.92 Å². The largest absolute Gasteiger partial charge is 0.354 e. The summed E-state index contributed by atoms with van der Waals surface area (Å²) in [5.41, 5.74) is 4.33. The fourth-order valence-electron chi connectivity index (χ4n) is 0.679. The second-order valence-corrected chi connectivity index (χ2v) is 2.14. The van der Waals surface area contributed by atoms with Crippen LogP contribution in [0.25, 0.3) is 0 Å². The highest BCUT2D eigenvalue weighted by molar-refractivity contribution is 5.73. The van der Waals surface area contributed by atoms with E-state index >= 15 is 0 Å². The molecule has 0 aliphatic carbocycles. The van der Waals surface area contributed by atoms with Gasteiger partial charge in [0.2, 0.25) is 0 Å². The third-order valence-electron chi connectivity index (χ3n) is 1.41. The van der Waals surface area contributed by atoms with Gasteiger partial charge in [-0.2, -0.15) is 0 Å². The third-order valence-corrected chi connectivity index (χ3v) is 1.41. The van der Waals surface area contributed by atoms with Gasteiger partial charge < -0.3 is 5.73 Å². The van der Waals surface area contributed by atoms with Crippen LogP contribution in [0.3, 0.4) is 0 Å². The Bertz CT molecular complexity index is 348. The van der Waals surface area contributed by atoms with E-state index in [2.05, 4.69) is 5.10 Å². The number of hydrogen-bond donors (Lipinski definition) is 1. The predicted molar refractivity (Wildman–Crippen MR) is 37.2 cm³/mol. The molecule has 0 bridgehead atoms. The van der Waals surface area contributed by atoms with Crippen molar-refractivity contribution in [3.8, 4) is 0 Å². The molecule has 1 aromatic heterocycles. The van der Waals surface area contributed by atoms with Crippen molar-refractivity contribution in [2.45, 2.75) is 6.92 Å². The lowest BCUT2D eigenvalue weighted by molar-refractivity contribution is 0.246. The minimum absolute atomic E-state index is 0.453. The minimum atomic E-state index is -0.862. The van der Waals surface area contributed by atoms with Gasteiger partial charge in [-0.25, -0.2) is 9.59 Å². The van der Waals surface area contributed by atoms with Gasteiger partial charge in [0, 0.05) is 7.05 Å². The molecule has 0 fully saturated rings. The fraction of sp³-hybridized carbons (Fsp3) is 0.400. The van der Waals surface area contributed by atoms with Crippen LogP contribution >= 0.6 is 0 Å². The van der Waals surface area contributed by atoms with E-state index in [1.807, 2.05) is 0 Å². The molecule has 6 nitrogen and oxygen atoms in total. The van der Waals surface area contributed by atoms with E-state index in [4.69, 9.17) is 5.73 Å². The number of aromatic nitrogens is 3. The number of carbonyl (C=O) groups is 1. The smallest absolute Gasteiger partial charge is 0.350 e. The van der Waals surface area contributed by atoms with Gasteiger partial charge in [-0.05, 0) is 6.92 Å². The Hall–Kier alpha value is -1.59. The summed E-state index contributed by atoms with van der Waals surface area (Å²) in [7, 11) is 1.52. The van der Waals surface area contributed by atoms with Crippen LogP contribution < -0.4 is 11.4 Å². The highest BCUT2D eigenvalue weighted by atomic mass is 16.2. The highest BCUT2D eigenvalue weighted by Crippen LogP contribution is 1.83. The molecule has 1 heterocycles. The molecule has 0 saturated carbocycles. The second-order valence-electron chi connectivity index (χ2n) is 2.14. The maximum Gasteiger partial charge on any atom is 0.354 e. The summed E-state index contributed by atoms with van der Waals surface area (Å²) in [5.74, 6) is 0.453. The maximum atomic E-state index is 11.0. The number of aryl methyl sites for hydroxylation is 1. The molecule has 0 unspecified atom stereocenters. The Kier molecular flexibility index (Phi) is 1.52. The quantitative estimate of drug-likeness (QED) is 0.513. The molecule has 60 valence electrons. The molecule has 0 radical (unpaired) electrons. The van der Waals surface area contributed by atoms with Gasteiger partial charge in [0.15, 0.2) is 0 Å². The van der Waals surface area contributed by atoms with Crippen LogP contribution in [-0.2, 0) is 7.05 Å². The molecular weight excluding hydrogens is 148 g/mol. The van der Waals surface area contributed by atoms with E-state index in [-0.39, 0.29) is 0 Å². The van der Waals surface area contributed by atoms with Crippen molar-refractivity contribution in [3.63, 3.8) is 0 Å². The van der Waals surface area contributed by atoms with Gasteiger partial charge in [0.1, 0.15) is 5.82 Å². The first-order valence-corrected chi connectivity index (χ1v) is 2.96. The van der Waals surface area contributed by atoms with Crippen LogP contribution in [0.1, 0.15) is 5.82 Å². The van der Waals surface area contributed by atoms with E-state index in [0.29, 0.717) is 10.5 Å². The fourth-order valence-corrected chi connectivity index (χ4v) is 0.679. The molecule has 0 saturated heterocycles. The van der Waals surface area contributed by atoms with E-state index in [1.54, 1.807) is 6.92 Å². The average molecular weight is 156 g/mol. The van der Waals surface area contributed by atoms with Crippen molar-refractivity contribution < 1.29 is 4.79 Å². The average Bonchev–Trinajstić information content (AvgIpc) is 2.17. The highest BCUT2D eigenvalue weighted by Gasteiger charge is 2.09. The third kappa shape index (κ3) is 1.02. The number of primary amides is 1.